The van der Waals surface area contributed by atoms with E-state index in [1.165, 1.54) is 18.2 Å². The minimum absolute atomic E-state index is 0.259. The van der Waals surface area contributed by atoms with Crippen molar-refractivity contribution in [2.75, 3.05) is 6.61 Å². The summed E-state index contributed by atoms with van der Waals surface area (Å²) in [7, 11) is 0. The molecule has 0 saturated heterocycles. The molecule has 0 unspecified atom stereocenters. The maximum Gasteiger partial charge on any atom is 0.127 e. The number of nitriles is 1. The van der Waals surface area contributed by atoms with Gasteiger partial charge in [0.25, 0.3) is 0 Å². The third kappa shape index (κ3) is 2.80. The third-order valence-electron chi connectivity index (χ3n) is 1.68. The zero-order chi connectivity index (χ0) is 10.4. The van der Waals surface area contributed by atoms with Gasteiger partial charge in [0.2, 0.25) is 0 Å². The molecule has 0 fully saturated rings. The molecule has 0 heterocycles. The summed E-state index contributed by atoms with van der Waals surface area (Å²) in [4.78, 5) is 4.87. The zero-order valence-corrected chi connectivity index (χ0v) is 7.88. The van der Waals surface area contributed by atoms with Crippen molar-refractivity contribution in [3.05, 3.63) is 35.1 Å². The van der Waals surface area contributed by atoms with Crippen molar-refractivity contribution < 1.29 is 9.23 Å². The Morgan fingerprint density at radius 1 is 1.57 bits per heavy atom. The molecule has 0 radical (unpaired) electrons. The number of halogens is 1. The smallest absolute Gasteiger partial charge is 0.127 e. The fraction of sp³-hybridized carbons (Fsp3) is 0.300. The minimum Gasteiger partial charge on any atom is -0.302 e. The Bertz CT molecular complexity index is 346. The number of nitrogens with one attached hydrogen (secondary N) is 1. The minimum atomic E-state index is -0.337. The summed E-state index contributed by atoms with van der Waals surface area (Å²) >= 11 is 0. The van der Waals surface area contributed by atoms with Gasteiger partial charge < -0.3 is 4.84 Å². The predicted molar refractivity (Wildman–Crippen MR) is 49.6 cm³/mol. The van der Waals surface area contributed by atoms with E-state index in [2.05, 4.69) is 5.48 Å². The number of nitrogens with zero attached hydrogens (tertiary/aromatic N) is 1. The molecule has 0 saturated carbocycles. The van der Waals surface area contributed by atoms with Crippen LogP contribution in [0, 0.1) is 17.1 Å². The number of hydroxylamine groups is 1. The van der Waals surface area contributed by atoms with Crippen molar-refractivity contribution in [3.63, 3.8) is 0 Å². The molecule has 0 aliphatic rings. The number of benzene rings is 1. The Morgan fingerprint density at radius 2 is 2.36 bits per heavy atom. The van der Waals surface area contributed by atoms with Crippen LogP contribution in [0.1, 0.15) is 18.1 Å². The molecule has 0 atom stereocenters. The highest BCUT2D eigenvalue weighted by molar-refractivity contribution is 5.33. The van der Waals surface area contributed by atoms with Crippen molar-refractivity contribution in [1.82, 2.24) is 5.48 Å². The standard InChI is InChI=1S/C10H11FN2O/c1-2-14-13-7-9-5-8(6-12)3-4-10(9)11/h3-5,13H,2,7H2,1H3. The van der Waals surface area contributed by atoms with Crippen molar-refractivity contribution in [3.8, 4) is 6.07 Å². The average molecular weight is 194 g/mol. The average Bonchev–Trinajstić information content (AvgIpc) is 2.21. The van der Waals surface area contributed by atoms with Gasteiger partial charge >= 0.3 is 0 Å². The molecule has 14 heavy (non-hydrogen) atoms. The van der Waals surface area contributed by atoms with Crippen LogP contribution in [0.3, 0.4) is 0 Å². The second kappa shape index (κ2) is 5.32. The molecule has 0 bridgehead atoms. The fourth-order valence-corrected chi connectivity index (χ4v) is 1.01. The molecule has 0 aliphatic heterocycles. The molecule has 0 aromatic heterocycles. The van der Waals surface area contributed by atoms with Crippen LogP contribution in [0.2, 0.25) is 0 Å². The van der Waals surface area contributed by atoms with Crippen LogP contribution in [0.15, 0.2) is 18.2 Å². The highest BCUT2D eigenvalue weighted by atomic mass is 19.1. The predicted octanol–water partition coefficient (Wildman–Crippen LogP) is 1.74. The lowest BCUT2D eigenvalue weighted by Gasteiger charge is -2.04. The Labute approximate surface area is 82.1 Å². The van der Waals surface area contributed by atoms with Gasteiger partial charge in [0.1, 0.15) is 5.82 Å². The highest BCUT2D eigenvalue weighted by Gasteiger charge is 2.02. The number of hydrogen-bond acceptors (Lipinski definition) is 3. The summed E-state index contributed by atoms with van der Waals surface area (Å²) in [6.07, 6.45) is 0. The van der Waals surface area contributed by atoms with Crippen LogP contribution < -0.4 is 5.48 Å². The summed E-state index contributed by atoms with van der Waals surface area (Å²) in [6.45, 7) is 2.60. The molecule has 1 N–H and O–H groups in total. The third-order valence-corrected chi connectivity index (χ3v) is 1.68. The SMILES string of the molecule is CCONCc1cc(C#N)ccc1F. The normalized spacial score (nSPS) is 9.79. The van der Waals surface area contributed by atoms with Crippen molar-refractivity contribution in [2.45, 2.75) is 13.5 Å². The van der Waals surface area contributed by atoms with Crippen LogP contribution >= 0.6 is 0 Å². The molecular weight excluding hydrogens is 183 g/mol. The lowest BCUT2D eigenvalue weighted by molar-refractivity contribution is 0.0457. The first-order chi connectivity index (χ1) is 6.77. The van der Waals surface area contributed by atoms with Gasteiger partial charge in [-0.25, -0.2) is 4.39 Å². The van der Waals surface area contributed by atoms with Crippen LogP contribution in [0.25, 0.3) is 0 Å². The summed E-state index contributed by atoms with van der Waals surface area (Å²) in [5.74, 6) is -0.337. The molecule has 0 amide bonds. The lowest BCUT2D eigenvalue weighted by Crippen LogP contribution is -2.14. The van der Waals surface area contributed by atoms with Crippen LogP contribution in [0.5, 0.6) is 0 Å². The second-order valence-electron chi connectivity index (χ2n) is 2.67. The first-order valence-electron chi connectivity index (χ1n) is 4.31. The van der Waals surface area contributed by atoms with Crippen LogP contribution in [-0.2, 0) is 11.4 Å². The van der Waals surface area contributed by atoms with Crippen LogP contribution in [-0.4, -0.2) is 6.61 Å². The molecule has 74 valence electrons. The van der Waals surface area contributed by atoms with Crippen LogP contribution in [0.4, 0.5) is 4.39 Å². The monoisotopic (exact) mass is 194 g/mol. The summed E-state index contributed by atoms with van der Waals surface area (Å²) in [5.41, 5.74) is 3.47. The first-order valence-corrected chi connectivity index (χ1v) is 4.31. The molecule has 4 heteroatoms. The van der Waals surface area contributed by atoms with E-state index < -0.39 is 0 Å². The Balaban J connectivity index is 2.70. The lowest BCUT2D eigenvalue weighted by atomic mass is 10.1. The van der Waals surface area contributed by atoms with Gasteiger partial charge in [-0.3, -0.25) is 0 Å². The molecule has 1 aromatic rings. The Morgan fingerprint density at radius 3 is 3.00 bits per heavy atom. The summed E-state index contributed by atoms with van der Waals surface area (Å²) in [6, 6.07) is 6.17. The molecule has 1 rings (SSSR count). The largest absolute Gasteiger partial charge is 0.302 e. The highest BCUT2D eigenvalue weighted by Crippen LogP contribution is 2.09. The van der Waals surface area contributed by atoms with Crippen molar-refractivity contribution >= 4 is 0 Å². The van der Waals surface area contributed by atoms with E-state index >= 15 is 0 Å². The van der Waals surface area contributed by atoms with Gasteiger partial charge in [-0.1, -0.05) is 0 Å². The van der Waals surface area contributed by atoms with E-state index in [0.717, 1.165) is 0 Å². The molecule has 1 aromatic carbocycles. The van der Waals surface area contributed by atoms with E-state index in [0.29, 0.717) is 17.7 Å². The van der Waals surface area contributed by atoms with Gasteiger partial charge in [0, 0.05) is 12.1 Å². The molecular formula is C10H11FN2O. The Kier molecular flexibility index (Phi) is 4.05. The quantitative estimate of drug-likeness (QED) is 0.586. The fourth-order valence-electron chi connectivity index (χ4n) is 1.01. The topological polar surface area (TPSA) is 45.0 Å². The number of rotatable bonds is 4. The molecule has 0 spiro atoms. The van der Waals surface area contributed by atoms with Gasteiger partial charge in [0.15, 0.2) is 0 Å². The van der Waals surface area contributed by atoms with E-state index in [4.69, 9.17) is 10.1 Å². The Hall–Kier alpha value is -1.44. The summed E-state index contributed by atoms with van der Waals surface area (Å²) < 4.78 is 13.1. The van der Waals surface area contributed by atoms with Crippen molar-refractivity contribution in [1.29, 1.82) is 5.26 Å². The zero-order valence-electron chi connectivity index (χ0n) is 7.88. The second-order valence-corrected chi connectivity index (χ2v) is 2.67. The van der Waals surface area contributed by atoms with Crippen molar-refractivity contribution in [2.24, 2.45) is 0 Å². The van der Waals surface area contributed by atoms with E-state index in [9.17, 15) is 4.39 Å². The van der Waals surface area contributed by atoms with Gasteiger partial charge in [-0.15, -0.1) is 0 Å². The first kappa shape index (κ1) is 10.6. The van der Waals surface area contributed by atoms with Gasteiger partial charge in [-0.2, -0.15) is 10.7 Å². The summed E-state index contributed by atoms with van der Waals surface area (Å²) in [5, 5.41) is 8.60. The van der Waals surface area contributed by atoms with E-state index in [-0.39, 0.29) is 12.4 Å². The molecule has 3 nitrogen and oxygen atoms in total. The number of hydrogen-bond donors (Lipinski definition) is 1. The van der Waals surface area contributed by atoms with E-state index in [1.54, 1.807) is 0 Å². The maximum absolute atomic E-state index is 13.1. The maximum atomic E-state index is 13.1. The molecule has 0 aliphatic carbocycles. The van der Waals surface area contributed by atoms with E-state index in [1.807, 2.05) is 13.0 Å². The van der Waals surface area contributed by atoms with Gasteiger partial charge in [0.05, 0.1) is 18.2 Å². The van der Waals surface area contributed by atoms with Gasteiger partial charge in [-0.05, 0) is 25.1 Å².